The third-order valence-corrected chi connectivity index (χ3v) is 7.69. The second-order valence-electron chi connectivity index (χ2n) is 8.60. The largest absolute Gasteiger partial charge is 0.497 e. The van der Waals surface area contributed by atoms with Gasteiger partial charge in [-0.05, 0) is 67.3 Å². The maximum absolute atomic E-state index is 13.2. The van der Waals surface area contributed by atoms with Crippen LogP contribution in [0.3, 0.4) is 0 Å². The van der Waals surface area contributed by atoms with Gasteiger partial charge >= 0.3 is 0 Å². The zero-order valence-corrected chi connectivity index (χ0v) is 20.3. The van der Waals surface area contributed by atoms with E-state index < -0.39 is 27.8 Å². The lowest BCUT2D eigenvalue weighted by molar-refractivity contribution is -0.130. The minimum absolute atomic E-state index is 0.00351. The molecule has 1 aliphatic rings. The van der Waals surface area contributed by atoms with Crippen molar-refractivity contribution in [1.82, 2.24) is 9.62 Å². The molecular weight excluding hydrogens is 461 g/mol. The van der Waals surface area contributed by atoms with E-state index in [9.17, 15) is 22.4 Å². The zero-order chi connectivity index (χ0) is 24.9. The van der Waals surface area contributed by atoms with Gasteiger partial charge in [-0.25, -0.2) is 12.8 Å². The minimum atomic E-state index is -3.86. The van der Waals surface area contributed by atoms with Crippen LogP contribution in [0.1, 0.15) is 26.7 Å². The summed E-state index contributed by atoms with van der Waals surface area (Å²) < 4.78 is 45.5. The van der Waals surface area contributed by atoms with E-state index in [2.05, 4.69) is 10.6 Å². The molecule has 2 amide bonds. The van der Waals surface area contributed by atoms with Crippen molar-refractivity contribution in [2.45, 2.75) is 37.6 Å². The molecule has 1 aliphatic heterocycles. The Kier molecular flexibility index (Phi) is 8.27. The molecule has 0 radical (unpaired) electrons. The van der Waals surface area contributed by atoms with Crippen LogP contribution in [-0.4, -0.2) is 50.8 Å². The van der Waals surface area contributed by atoms with E-state index in [4.69, 9.17) is 4.74 Å². The number of benzene rings is 2. The van der Waals surface area contributed by atoms with Gasteiger partial charge in [0, 0.05) is 18.8 Å². The number of nitrogens with one attached hydrogen (secondary N) is 2. The van der Waals surface area contributed by atoms with Gasteiger partial charge < -0.3 is 15.4 Å². The zero-order valence-electron chi connectivity index (χ0n) is 19.5. The Hall–Kier alpha value is -2.98. The van der Waals surface area contributed by atoms with Gasteiger partial charge in [0.25, 0.3) is 0 Å². The first kappa shape index (κ1) is 25.6. The Bertz CT molecular complexity index is 1100. The van der Waals surface area contributed by atoms with Crippen LogP contribution in [0.25, 0.3) is 0 Å². The highest BCUT2D eigenvalue weighted by Crippen LogP contribution is 2.24. The van der Waals surface area contributed by atoms with Crippen molar-refractivity contribution in [3.8, 4) is 5.75 Å². The summed E-state index contributed by atoms with van der Waals surface area (Å²) >= 11 is 0. The van der Waals surface area contributed by atoms with Crippen molar-refractivity contribution in [2.75, 3.05) is 25.5 Å². The first-order chi connectivity index (χ1) is 16.1. The van der Waals surface area contributed by atoms with Gasteiger partial charge in [-0.2, -0.15) is 4.31 Å². The van der Waals surface area contributed by atoms with Crippen molar-refractivity contribution >= 4 is 27.5 Å². The summed E-state index contributed by atoms with van der Waals surface area (Å²) in [7, 11) is -2.30. The molecule has 2 atom stereocenters. The van der Waals surface area contributed by atoms with Crippen molar-refractivity contribution in [1.29, 1.82) is 0 Å². The number of hydrogen-bond donors (Lipinski definition) is 2. The Balaban J connectivity index is 1.66. The lowest BCUT2D eigenvalue weighted by Crippen LogP contribution is -2.52. The molecule has 184 valence electrons. The van der Waals surface area contributed by atoms with Crippen LogP contribution in [0.4, 0.5) is 10.1 Å². The molecule has 2 aromatic rings. The van der Waals surface area contributed by atoms with Gasteiger partial charge in [0.1, 0.15) is 17.6 Å². The molecular formula is C24H30FN3O5S. The van der Waals surface area contributed by atoms with Crippen molar-refractivity contribution < 1.29 is 27.1 Å². The van der Waals surface area contributed by atoms with E-state index >= 15 is 0 Å². The van der Waals surface area contributed by atoms with E-state index in [1.807, 2.05) is 13.8 Å². The number of piperidine rings is 1. The average molecular weight is 492 g/mol. The highest BCUT2D eigenvalue weighted by molar-refractivity contribution is 7.89. The van der Waals surface area contributed by atoms with Crippen LogP contribution in [0, 0.1) is 17.7 Å². The second kappa shape index (κ2) is 11.0. The molecule has 10 heteroatoms. The normalized spacial score (nSPS) is 17.7. The SMILES string of the molecule is COc1ccc(NC(=O)C(NC(=O)C2CCCN(S(=O)(=O)c3ccc(F)cc3)C2)C(C)C)cc1. The number of amides is 2. The lowest BCUT2D eigenvalue weighted by atomic mass is 9.96. The number of carbonyl (C=O) groups is 2. The molecule has 0 saturated carbocycles. The lowest BCUT2D eigenvalue weighted by Gasteiger charge is -2.32. The summed E-state index contributed by atoms with van der Waals surface area (Å²) in [6.45, 7) is 3.92. The summed E-state index contributed by atoms with van der Waals surface area (Å²) in [6.07, 6.45) is 1.01. The molecule has 2 unspecified atom stereocenters. The second-order valence-corrected chi connectivity index (χ2v) is 10.5. The Morgan fingerprint density at radius 3 is 2.32 bits per heavy atom. The monoisotopic (exact) mass is 491 g/mol. The van der Waals surface area contributed by atoms with Gasteiger partial charge in [0.2, 0.25) is 21.8 Å². The molecule has 8 nitrogen and oxygen atoms in total. The molecule has 1 saturated heterocycles. The van der Waals surface area contributed by atoms with Gasteiger partial charge in [0.05, 0.1) is 17.9 Å². The minimum Gasteiger partial charge on any atom is -0.497 e. The number of sulfonamides is 1. The fourth-order valence-corrected chi connectivity index (χ4v) is 5.35. The molecule has 2 N–H and O–H groups in total. The molecule has 3 rings (SSSR count). The topological polar surface area (TPSA) is 105 Å². The predicted octanol–water partition coefficient (Wildman–Crippen LogP) is 3.01. The van der Waals surface area contributed by atoms with Crippen LogP contribution < -0.4 is 15.4 Å². The highest BCUT2D eigenvalue weighted by atomic mass is 32.2. The summed E-state index contributed by atoms with van der Waals surface area (Å²) in [5.41, 5.74) is 0.569. The Labute approximate surface area is 199 Å². The van der Waals surface area contributed by atoms with E-state index in [-0.39, 0.29) is 35.7 Å². The van der Waals surface area contributed by atoms with E-state index in [0.29, 0.717) is 24.3 Å². The van der Waals surface area contributed by atoms with E-state index in [0.717, 1.165) is 12.1 Å². The molecule has 0 bridgehead atoms. The fourth-order valence-electron chi connectivity index (χ4n) is 3.83. The molecule has 0 aliphatic carbocycles. The average Bonchev–Trinajstić information content (AvgIpc) is 2.83. The quantitative estimate of drug-likeness (QED) is 0.591. The molecule has 1 fully saturated rings. The van der Waals surface area contributed by atoms with Crippen molar-refractivity contribution in [2.24, 2.45) is 11.8 Å². The third kappa shape index (κ3) is 6.12. The number of ether oxygens (including phenoxy) is 1. The highest BCUT2D eigenvalue weighted by Gasteiger charge is 2.35. The maximum atomic E-state index is 13.2. The molecule has 2 aromatic carbocycles. The standard InChI is InChI=1S/C24H30FN3O5S/c1-16(2)22(24(30)26-19-8-10-20(33-3)11-9-19)27-23(29)17-5-4-14-28(15-17)34(31,32)21-12-6-18(25)7-13-21/h6-13,16-17,22H,4-5,14-15H2,1-3H3,(H,26,30)(H,27,29). The third-order valence-electron chi connectivity index (χ3n) is 5.81. The molecule has 1 heterocycles. The number of nitrogens with zero attached hydrogens (tertiary/aromatic N) is 1. The van der Waals surface area contributed by atoms with Gasteiger partial charge in [-0.1, -0.05) is 13.8 Å². The van der Waals surface area contributed by atoms with Crippen molar-refractivity contribution in [3.63, 3.8) is 0 Å². The first-order valence-corrected chi connectivity index (χ1v) is 12.6. The number of halogens is 1. The predicted molar refractivity (Wildman–Crippen MR) is 126 cm³/mol. The Morgan fingerprint density at radius 1 is 1.09 bits per heavy atom. The van der Waals surface area contributed by atoms with Crippen LogP contribution in [0.2, 0.25) is 0 Å². The maximum Gasteiger partial charge on any atom is 0.247 e. The number of carbonyl (C=O) groups excluding carboxylic acids is 2. The van der Waals surface area contributed by atoms with Crippen LogP contribution in [-0.2, 0) is 19.6 Å². The summed E-state index contributed by atoms with van der Waals surface area (Å²) in [6, 6.07) is 10.7. The number of methoxy groups -OCH3 is 1. The molecule has 0 aromatic heterocycles. The van der Waals surface area contributed by atoms with Gasteiger partial charge in [0.15, 0.2) is 0 Å². The van der Waals surface area contributed by atoms with Crippen LogP contribution in [0.5, 0.6) is 5.75 Å². The number of anilines is 1. The van der Waals surface area contributed by atoms with Crippen molar-refractivity contribution in [3.05, 3.63) is 54.3 Å². The van der Waals surface area contributed by atoms with Gasteiger partial charge in [-0.3, -0.25) is 9.59 Å². The molecule has 0 spiro atoms. The Morgan fingerprint density at radius 2 is 1.74 bits per heavy atom. The molecule has 34 heavy (non-hydrogen) atoms. The number of hydrogen-bond acceptors (Lipinski definition) is 5. The summed E-state index contributed by atoms with van der Waals surface area (Å²) in [4.78, 5) is 25.9. The first-order valence-electron chi connectivity index (χ1n) is 11.1. The van der Waals surface area contributed by atoms with Crippen LogP contribution >= 0.6 is 0 Å². The van der Waals surface area contributed by atoms with E-state index in [1.54, 1.807) is 31.4 Å². The smallest absolute Gasteiger partial charge is 0.247 e. The van der Waals surface area contributed by atoms with Gasteiger partial charge in [-0.15, -0.1) is 0 Å². The summed E-state index contributed by atoms with van der Waals surface area (Å²) in [5.74, 6) is -1.39. The number of rotatable bonds is 8. The summed E-state index contributed by atoms with van der Waals surface area (Å²) in [5, 5.41) is 5.60. The van der Waals surface area contributed by atoms with E-state index in [1.165, 1.54) is 16.4 Å². The van der Waals surface area contributed by atoms with Crippen LogP contribution in [0.15, 0.2) is 53.4 Å². The fraction of sp³-hybridized carbons (Fsp3) is 0.417.